The van der Waals surface area contributed by atoms with Gasteiger partial charge < -0.3 is 19.1 Å². The second kappa shape index (κ2) is 9.93. The van der Waals surface area contributed by atoms with Gasteiger partial charge in [-0.3, -0.25) is 0 Å². The molecule has 5 nitrogen and oxygen atoms in total. The Bertz CT molecular complexity index is 331. The summed E-state index contributed by atoms with van der Waals surface area (Å²) in [4.78, 5) is 13.9. The summed E-state index contributed by atoms with van der Waals surface area (Å²) < 4.78 is 17.7. The minimum Gasteiger partial charge on any atom is -0.444 e. The fraction of sp³-hybridized carbons (Fsp3) is 0.938. The number of hydrogen-bond acceptors (Lipinski definition) is 4. The van der Waals surface area contributed by atoms with Gasteiger partial charge in [0.15, 0.2) is 0 Å². The molecule has 22 heavy (non-hydrogen) atoms. The van der Waals surface area contributed by atoms with Gasteiger partial charge >= 0.3 is 6.09 Å². The Morgan fingerprint density at radius 3 is 2.18 bits per heavy atom. The molecule has 0 fully saturated rings. The molecule has 0 aromatic heterocycles. The normalized spacial score (nSPS) is 14.8. The van der Waals surface area contributed by atoms with Crippen molar-refractivity contribution in [3.8, 4) is 0 Å². The Hall–Kier alpha value is -0.0800. The molecule has 0 aliphatic carbocycles. The van der Waals surface area contributed by atoms with E-state index in [-0.39, 0.29) is 12.2 Å². The van der Waals surface area contributed by atoms with Gasteiger partial charge in [0.05, 0.1) is 31.5 Å². The highest BCUT2D eigenvalue weighted by Gasteiger charge is 2.30. The molecule has 6 heteroatoms. The zero-order valence-electron chi connectivity index (χ0n) is 15.1. The van der Waals surface area contributed by atoms with Crippen LogP contribution in [0.1, 0.15) is 48.5 Å². The van der Waals surface area contributed by atoms with Gasteiger partial charge in [-0.15, -0.1) is 0 Å². The third-order valence-electron chi connectivity index (χ3n) is 2.83. The smallest absolute Gasteiger partial charge is 0.410 e. The van der Waals surface area contributed by atoms with Crippen LogP contribution in [-0.4, -0.2) is 59.0 Å². The van der Waals surface area contributed by atoms with Gasteiger partial charge in [-0.25, -0.2) is 4.79 Å². The van der Waals surface area contributed by atoms with E-state index in [0.29, 0.717) is 26.3 Å². The minimum absolute atomic E-state index is 0.198. The first-order chi connectivity index (χ1) is 10.0. The highest BCUT2D eigenvalue weighted by Crippen LogP contribution is 2.18. The topological polar surface area (TPSA) is 48.0 Å². The summed E-state index contributed by atoms with van der Waals surface area (Å²) in [6.07, 6.45) is -0.100. The second-order valence-corrected chi connectivity index (χ2v) is 7.61. The van der Waals surface area contributed by atoms with Crippen molar-refractivity contribution in [2.24, 2.45) is 0 Å². The number of halogens is 1. The lowest BCUT2D eigenvalue weighted by Gasteiger charge is -2.35. The van der Waals surface area contributed by atoms with E-state index >= 15 is 0 Å². The first kappa shape index (κ1) is 21.9. The fourth-order valence-corrected chi connectivity index (χ4v) is 2.20. The van der Waals surface area contributed by atoms with Crippen LogP contribution in [0.25, 0.3) is 0 Å². The monoisotopic (exact) mass is 429 g/mol. The molecule has 0 aromatic rings. The average molecular weight is 429 g/mol. The summed E-state index contributed by atoms with van der Waals surface area (Å²) in [6.45, 7) is 15.7. The summed E-state index contributed by atoms with van der Waals surface area (Å²) >= 11 is 2.29. The van der Waals surface area contributed by atoms with E-state index in [1.165, 1.54) is 0 Å². The van der Waals surface area contributed by atoms with Crippen molar-refractivity contribution in [3.05, 3.63) is 0 Å². The molecule has 0 aromatic carbocycles. The van der Waals surface area contributed by atoms with E-state index in [1.54, 1.807) is 4.90 Å². The molecular formula is C16H32INO4. The van der Waals surface area contributed by atoms with Gasteiger partial charge in [-0.05, 0) is 48.5 Å². The summed E-state index contributed by atoms with van der Waals surface area (Å²) in [5, 5.41) is 0. The van der Waals surface area contributed by atoms with Crippen LogP contribution in [0.4, 0.5) is 4.79 Å². The number of rotatable bonds is 9. The number of nitrogens with zero attached hydrogens (tertiary/aromatic N) is 1. The van der Waals surface area contributed by atoms with Gasteiger partial charge in [0, 0.05) is 11.0 Å². The van der Waals surface area contributed by atoms with Crippen LogP contribution in [0.5, 0.6) is 0 Å². The molecule has 0 saturated carbocycles. The number of likely N-dealkylation sites (N-methyl/N-ethyl adjacent to an activating group) is 1. The Morgan fingerprint density at radius 1 is 1.18 bits per heavy atom. The molecule has 0 aliphatic rings. The first-order valence-electron chi connectivity index (χ1n) is 7.82. The lowest BCUT2D eigenvalue weighted by molar-refractivity contribution is -0.0666. The van der Waals surface area contributed by atoms with Crippen molar-refractivity contribution in [2.75, 3.05) is 30.7 Å². The summed E-state index contributed by atoms with van der Waals surface area (Å²) in [6, 6.07) is 0. The van der Waals surface area contributed by atoms with Gasteiger partial charge in [0.25, 0.3) is 0 Å². The van der Waals surface area contributed by atoms with E-state index in [0.717, 1.165) is 4.43 Å². The molecule has 0 radical (unpaired) electrons. The summed E-state index contributed by atoms with van der Waals surface area (Å²) in [5.41, 5.74) is -0.898. The number of carbonyl (C=O) groups excluding carboxylic acids is 1. The average Bonchev–Trinajstić information content (AvgIpc) is 2.39. The van der Waals surface area contributed by atoms with Crippen molar-refractivity contribution >= 4 is 28.7 Å². The molecule has 0 rings (SSSR count). The van der Waals surface area contributed by atoms with Crippen molar-refractivity contribution in [3.63, 3.8) is 0 Å². The summed E-state index contributed by atoms with van der Waals surface area (Å²) in [7, 11) is 0. The Kier molecular flexibility index (Phi) is 9.89. The van der Waals surface area contributed by atoms with E-state index in [4.69, 9.17) is 14.2 Å². The minimum atomic E-state index is -0.489. The van der Waals surface area contributed by atoms with Crippen LogP contribution in [0.15, 0.2) is 0 Å². The number of hydrogen-bond donors (Lipinski definition) is 0. The fourth-order valence-electron chi connectivity index (χ4n) is 1.73. The molecule has 1 amide bonds. The Morgan fingerprint density at radius 2 is 1.77 bits per heavy atom. The van der Waals surface area contributed by atoms with Gasteiger partial charge in [-0.2, -0.15) is 0 Å². The van der Waals surface area contributed by atoms with Gasteiger partial charge in [0.1, 0.15) is 5.60 Å². The Balaban J connectivity index is 4.54. The van der Waals surface area contributed by atoms with Crippen molar-refractivity contribution < 1.29 is 19.0 Å². The highest BCUT2D eigenvalue weighted by atomic mass is 127. The van der Waals surface area contributed by atoms with Crippen LogP contribution in [-0.2, 0) is 14.2 Å². The maximum atomic E-state index is 12.2. The molecule has 0 spiro atoms. The number of alkyl halides is 1. The van der Waals surface area contributed by atoms with E-state index < -0.39 is 11.2 Å². The first-order valence-corrected chi connectivity index (χ1v) is 9.35. The molecule has 1 atom stereocenters. The van der Waals surface area contributed by atoms with Crippen molar-refractivity contribution in [1.82, 2.24) is 4.90 Å². The maximum Gasteiger partial charge on any atom is 0.410 e. The predicted octanol–water partition coefficient (Wildman–Crippen LogP) is 3.88. The molecule has 1 unspecified atom stereocenters. The predicted molar refractivity (Wildman–Crippen MR) is 97.8 cm³/mol. The zero-order chi connectivity index (χ0) is 17.4. The Labute approximate surface area is 149 Å². The van der Waals surface area contributed by atoms with Gasteiger partial charge in [0.2, 0.25) is 0 Å². The molecule has 0 bridgehead atoms. The van der Waals surface area contributed by atoms with Gasteiger partial charge in [-0.1, -0.05) is 22.6 Å². The molecular weight excluding hydrogens is 397 g/mol. The van der Waals surface area contributed by atoms with Crippen LogP contribution < -0.4 is 0 Å². The third kappa shape index (κ3) is 9.84. The zero-order valence-corrected chi connectivity index (χ0v) is 17.2. The number of amides is 1. The second-order valence-electron chi connectivity index (χ2n) is 6.85. The van der Waals surface area contributed by atoms with Crippen LogP contribution in [0, 0.1) is 0 Å². The molecule has 0 N–H and O–H groups in total. The van der Waals surface area contributed by atoms with Crippen molar-refractivity contribution in [1.29, 1.82) is 0 Å². The number of ether oxygens (including phenoxy) is 3. The molecule has 0 saturated heterocycles. The van der Waals surface area contributed by atoms with Crippen LogP contribution in [0.3, 0.4) is 0 Å². The number of carbonyl (C=O) groups is 1. The van der Waals surface area contributed by atoms with Crippen LogP contribution >= 0.6 is 22.6 Å². The lowest BCUT2D eigenvalue weighted by Crippen LogP contribution is -2.48. The third-order valence-corrected chi connectivity index (χ3v) is 4.44. The lowest BCUT2D eigenvalue weighted by atomic mass is 10.1. The maximum absolute atomic E-state index is 12.2. The standard InChI is InChI=1S/C16H32INO4/c1-8-18(14(19)22-15(4,5)6)12-16(7,11-17)21-10-9-20-13(2)3/h13H,8-12H2,1-7H3. The van der Waals surface area contributed by atoms with E-state index in [1.807, 2.05) is 48.5 Å². The molecule has 132 valence electrons. The largest absolute Gasteiger partial charge is 0.444 e. The van der Waals surface area contributed by atoms with E-state index in [2.05, 4.69) is 22.6 Å². The molecule has 0 aliphatic heterocycles. The highest BCUT2D eigenvalue weighted by molar-refractivity contribution is 14.1. The van der Waals surface area contributed by atoms with Crippen LogP contribution in [0.2, 0.25) is 0 Å². The van der Waals surface area contributed by atoms with E-state index in [9.17, 15) is 4.79 Å². The molecule has 0 heterocycles. The summed E-state index contributed by atoms with van der Waals surface area (Å²) in [5.74, 6) is 0. The quantitative estimate of drug-likeness (QED) is 0.317. The SMILES string of the molecule is CCN(CC(C)(CI)OCCOC(C)C)C(=O)OC(C)(C)C. The van der Waals surface area contributed by atoms with Crippen molar-refractivity contribution in [2.45, 2.75) is 65.8 Å².